The Balaban J connectivity index is 1.78. The molecule has 1 aliphatic heterocycles. The van der Waals surface area contributed by atoms with Crippen molar-refractivity contribution in [3.63, 3.8) is 0 Å². The van der Waals surface area contributed by atoms with Gasteiger partial charge in [-0.1, -0.05) is 37.3 Å². The van der Waals surface area contributed by atoms with Crippen molar-refractivity contribution in [2.24, 2.45) is 0 Å². The van der Waals surface area contributed by atoms with Gasteiger partial charge in [-0.15, -0.1) is 0 Å². The summed E-state index contributed by atoms with van der Waals surface area (Å²) in [4.78, 5) is 2.37. The number of aliphatic hydroxyl groups excluding tert-OH is 1. The lowest BCUT2D eigenvalue weighted by atomic mass is 9.98. The second-order valence-corrected chi connectivity index (χ2v) is 4.84. The Hall–Kier alpha value is -0.860. The van der Waals surface area contributed by atoms with E-state index in [4.69, 9.17) is 0 Å². The molecule has 1 N–H and O–H groups in total. The third kappa shape index (κ3) is 3.06. The first-order valence-corrected chi connectivity index (χ1v) is 6.21. The monoisotopic (exact) mass is 219 g/mol. The van der Waals surface area contributed by atoms with Gasteiger partial charge < -0.3 is 10.0 Å². The van der Waals surface area contributed by atoms with Crippen LogP contribution < -0.4 is 0 Å². The number of likely N-dealkylation sites (tertiary alicyclic amines) is 1. The van der Waals surface area contributed by atoms with E-state index in [2.05, 4.69) is 42.2 Å². The highest BCUT2D eigenvalue weighted by atomic mass is 16.3. The molecule has 1 saturated heterocycles. The van der Waals surface area contributed by atoms with E-state index in [0.717, 1.165) is 26.1 Å². The SMILES string of the molecule is CC(CCN1CCC(O)C1)c1ccccc1. The third-order valence-corrected chi connectivity index (χ3v) is 3.49. The number of aliphatic hydroxyl groups is 1. The first-order chi connectivity index (χ1) is 7.75. The Morgan fingerprint density at radius 2 is 2.12 bits per heavy atom. The summed E-state index contributed by atoms with van der Waals surface area (Å²) in [5.74, 6) is 0.610. The summed E-state index contributed by atoms with van der Waals surface area (Å²) < 4.78 is 0. The standard InChI is InChI=1S/C14H21NO/c1-12(13-5-3-2-4-6-13)7-9-15-10-8-14(16)11-15/h2-6,12,14,16H,7-11H2,1H3. The fraction of sp³-hybridized carbons (Fsp3) is 0.571. The van der Waals surface area contributed by atoms with E-state index >= 15 is 0 Å². The fourth-order valence-corrected chi connectivity index (χ4v) is 2.34. The molecule has 0 amide bonds. The van der Waals surface area contributed by atoms with Gasteiger partial charge in [0, 0.05) is 13.1 Å². The maximum absolute atomic E-state index is 9.44. The Labute approximate surface area is 97.9 Å². The van der Waals surface area contributed by atoms with Crippen LogP contribution in [0.1, 0.15) is 31.2 Å². The summed E-state index contributed by atoms with van der Waals surface area (Å²) in [6.07, 6.45) is 2.03. The highest BCUT2D eigenvalue weighted by molar-refractivity contribution is 5.18. The second-order valence-electron chi connectivity index (χ2n) is 4.84. The van der Waals surface area contributed by atoms with Crippen LogP contribution in [0.2, 0.25) is 0 Å². The topological polar surface area (TPSA) is 23.5 Å². The van der Waals surface area contributed by atoms with Crippen LogP contribution in [0, 0.1) is 0 Å². The van der Waals surface area contributed by atoms with E-state index in [1.165, 1.54) is 12.0 Å². The lowest BCUT2D eigenvalue weighted by molar-refractivity contribution is 0.175. The van der Waals surface area contributed by atoms with Crippen LogP contribution >= 0.6 is 0 Å². The van der Waals surface area contributed by atoms with Crippen molar-refractivity contribution in [1.29, 1.82) is 0 Å². The van der Waals surface area contributed by atoms with Crippen molar-refractivity contribution >= 4 is 0 Å². The summed E-state index contributed by atoms with van der Waals surface area (Å²) in [6, 6.07) is 10.7. The summed E-state index contributed by atoms with van der Waals surface area (Å²) in [6.45, 7) is 5.30. The number of nitrogens with zero attached hydrogens (tertiary/aromatic N) is 1. The van der Waals surface area contributed by atoms with Crippen molar-refractivity contribution in [3.05, 3.63) is 35.9 Å². The van der Waals surface area contributed by atoms with Crippen LogP contribution in [-0.2, 0) is 0 Å². The molecule has 2 heteroatoms. The summed E-state index contributed by atoms with van der Waals surface area (Å²) in [5, 5.41) is 9.44. The van der Waals surface area contributed by atoms with Gasteiger partial charge in [0.05, 0.1) is 6.10 Å². The first kappa shape index (κ1) is 11.6. The molecule has 0 radical (unpaired) electrons. The number of hydrogen-bond donors (Lipinski definition) is 1. The van der Waals surface area contributed by atoms with Crippen LogP contribution in [0.25, 0.3) is 0 Å². The maximum atomic E-state index is 9.44. The normalized spacial score (nSPS) is 23.5. The quantitative estimate of drug-likeness (QED) is 0.839. The van der Waals surface area contributed by atoms with Gasteiger partial charge in [0.2, 0.25) is 0 Å². The molecule has 2 rings (SSSR count). The molecule has 0 aromatic heterocycles. The summed E-state index contributed by atoms with van der Waals surface area (Å²) in [7, 11) is 0. The van der Waals surface area contributed by atoms with Crippen LogP contribution in [0.5, 0.6) is 0 Å². The molecule has 0 bridgehead atoms. The zero-order chi connectivity index (χ0) is 11.4. The second kappa shape index (κ2) is 5.46. The highest BCUT2D eigenvalue weighted by Crippen LogP contribution is 2.20. The number of hydrogen-bond acceptors (Lipinski definition) is 2. The maximum Gasteiger partial charge on any atom is 0.0679 e. The minimum atomic E-state index is -0.0907. The number of rotatable bonds is 4. The molecule has 16 heavy (non-hydrogen) atoms. The average molecular weight is 219 g/mol. The number of benzene rings is 1. The minimum absolute atomic E-state index is 0.0907. The molecule has 2 atom stereocenters. The minimum Gasteiger partial charge on any atom is -0.392 e. The Morgan fingerprint density at radius 3 is 2.75 bits per heavy atom. The van der Waals surface area contributed by atoms with Crippen LogP contribution in [0.4, 0.5) is 0 Å². The van der Waals surface area contributed by atoms with E-state index in [9.17, 15) is 5.11 Å². The first-order valence-electron chi connectivity index (χ1n) is 6.21. The Bertz CT molecular complexity index is 312. The third-order valence-electron chi connectivity index (χ3n) is 3.49. The molecule has 1 aromatic carbocycles. The molecule has 1 fully saturated rings. The lowest BCUT2D eigenvalue weighted by Gasteiger charge is -2.18. The van der Waals surface area contributed by atoms with Crippen molar-refractivity contribution in [2.45, 2.75) is 31.8 Å². The van der Waals surface area contributed by atoms with Gasteiger partial charge in [0.25, 0.3) is 0 Å². The van der Waals surface area contributed by atoms with Gasteiger partial charge in [-0.3, -0.25) is 0 Å². The fourth-order valence-electron chi connectivity index (χ4n) is 2.34. The zero-order valence-corrected chi connectivity index (χ0v) is 9.97. The van der Waals surface area contributed by atoms with Crippen molar-refractivity contribution in [1.82, 2.24) is 4.90 Å². The largest absolute Gasteiger partial charge is 0.392 e. The van der Waals surface area contributed by atoms with Gasteiger partial charge in [-0.25, -0.2) is 0 Å². The van der Waals surface area contributed by atoms with E-state index in [0.29, 0.717) is 5.92 Å². The molecule has 0 aliphatic carbocycles. The van der Waals surface area contributed by atoms with Crippen LogP contribution in [0.15, 0.2) is 30.3 Å². The molecule has 0 spiro atoms. The van der Waals surface area contributed by atoms with E-state index in [-0.39, 0.29) is 6.10 Å². The molecule has 2 unspecified atom stereocenters. The van der Waals surface area contributed by atoms with Crippen LogP contribution in [-0.4, -0.2) is 35.7 Å². The van der Waals surface area contributed by atoms with Crippen molar-refractivity contribution < 1.29 is 5.11 Å². The highest BCUT2D eigenvalue weighted by Gasteiger charge is 2.20. The average Bonchev–Trinajstić information content (AvgIpc) is 2.73. The smallest absolute Gasteiger partial charge is 0.0679 e. The number of β-amino-alcohol motifs (C(OH)–C–C–N with tert-alkyl or cyclic N) is 1. The summed E-state index contributed by atoms with van der Waals surface area (Å²) >= 11 is 0. The Kier molecular flexibility index (Phi) is 3.97. The van der Waals surface area contributed by atoms with E-state index < -0.39 is 0 Å². The molecular weight excluding hydrogens is 198 g/mol. The molecule has 88 valence electrons. The predicted molar refractivity (Wildman–Crippen MR) is 66.5 cm³/mol. The predicted octanol–water partition coefficient (Wildman–Crippen LogP) is 2.25. The van der Waals surface area contributed by atoms with Gasteiger partial charge in [-0.05, 0) is 30.9 Å². The molecule has 1 aromatic rings. The molecule has 1 aliphatic rings. The van der Waals surface area contributed by atoms with Crippen molar-refractivity contribution in [3.8, 4) is 0 Å². The molecule has 2 nitrogen and oxygen atoms in total. The Morgan fingerprint density at radius 1 is 1.38 bits per heavy atom. The molecule has 1 heterocycles. The van der Waals surface area contributed by atoms with Gasteiger partial charge in [0.1, 0.15) is 0 Å². The zero-order valence-electron chi connectivity index (χ0n) is 9.97. The van der Waals surface area contributed by atoms with Crippen LogP contribution in [0.3, 0.4) is 0 Å². The van der Waals surface area contributed by atoms with Gasteiger partial charge in [0.15, 0.2) is 0 Å². The van der Waals surface area contributed by atoms with Crippen molar-refractivity contribution in [2.75, 3.05) is 19.6 Å². The lowest BCUT2D eigenvalue weighted by Crippen LogP contribution is -2.24. The molecular formula is C14H21NO. The van der Waals surface area contributed by atoms with Gasteiger partial charge >= 0.3 is 0 Å². The summed E-state index contributed by atoms with van der Waals surface area (Å²) in [5.41, 5.74) is 1.42. The van der Waals surface area contributed by atoms with E-state index in [1.807, 2.05) is 0 Å². The van der Waals surface area contributed by atoms with E-state index in [1.54, 1.807) is 0 Å². The molecule has 0 saturated carbocycles. The van der Waals surface area contributed by atoms with Gasteiger partial charge in [-0.2, -0.15) is 0 Å².